The van der Waals surface area contributed by atoms with E-state index in [0.717, 1.165) is 18.7 Å². The van der Waals surface area contributed by atoms with Gasteiger partial charge in [-0.25, -0.2) is 0 Å². The van der Waals surface area contributed by atoms with Crippen molar-refractivity contribution >= 4 is 35.6 Å². The Morgan fingerprint density at radius 1 is 1.04 bits per heavy atom. The van der Waals surface area contributed by atoms with Gasteiger partial charge in [-0.05, 0) is 70.6 Å². The van der Waals surface area contributed by atoms with E-state index in [4.69, 9.17) is 5.73 Å². The summed E-state index contributed by atoms with van der Waals surface area (Å²) in [4.78, 5) is 6.63. The molecule has 132 valence electrons. The van der Waals surface area contributed by atoms with Gasteiger partial charge in [0, 0.05) is 12.2 Å². The van der Waals surface area contributed by atoms with Gasteiger partial charge in [0.2, 0.25) is 0 Å². The quantitative estimate of drug-likeness (QED) is 0.267. The Kier molecular flexibility index (Phi) is 12.1. The van der Waals surface area contributed by atoms with Gasteiger partial charge in [0.05, 0.1) is 0 Å². The predicted molar refractivity (Wildman–Crippen MR) is 113 cm³/mol. The molecule has 0 saturated heterocycles. The van der Waals surface area contributed by atoms with Crippen molar-refractivity contribution < 1.29 is 0 Å². The molecule has 1 rings (SSSR count). The lowest BCUT2D eigenvalue weighted by Crippen LogP contribution is -2.22. The van der Waals surface area contributed by atoms with Crippen LogP contribution in [0.5, 0.6) is 0 Å². The molecule has 0 aliphatic heterocycles. The smallest absolute Gasteiger partial charge is 0.193 e. The first kappa shape index (κ1) is 22.2. The molecule has 0 unspecified atom stereocenters. The molecule has 23 heavy (non-hydrogen) atoms. The van der Waals surface area contributed by atoms with Crippen LogP contribution in [0, 0.1) is 13.8 Å². The number of nitrogens with one attached hydrogen (secondary N) is 1. The molecule has 0 aliphatic rings. The number of nitrogens with two attached hydrogens (primary N) is 1. The average Bonchev–Trinajstić information content (AvgIpc) is 2.45. The minimum Gasteiger partial charge on any atom is -0.370 e. The average molecular weight is 432 g/mol. The maximum Gasteiger partial charge on any atom is 0.193 e. The maximum atomic E-state index is 5.92. The van der Waals surface area contributed by atoms with Crippen LogP contribution in [0.4, 0.5) is 5.69 Å². The molecule has 3 N–H and O–H groups in total. The fourth-order valence-electron chi connectivity index (χ4n) is 2.28. The van der Waals surface area contributed by atoms with Gasteiger partial charge in [-0.1, -0.05) is 25.3 Å². The maximum absolute atomic E-state index is 5.92. The predicted octanol–water partition coefficient (Wildman–Crippen LogP) is 4.16. The fourth-order valence-corrected chi connectivity index (χ4v) is 2.28. The van der Waals surface area contributed by atoms with Crippen molar-refractivity contribution in [2.75, 3.05) is 32.5 Å². The summed E-state index contributed by atoms with van der Waals surface area (Å²) < 4.78 is 0. The molecule has 1 aromatic rings. The van der Waals surface area contributed by atoms with Crippen LogP contribution in [-0.2, 0) is 0 Å². The number of guanidine groups is 1. The third-order valence-corrected chi connectivity index (χ3v) is 3.82. The summed E-state index contributed by atoms with van der Waals surface area (Å²) in [6.45, 7) is 6.20. The number of hydrogen-bond acceptors (Lipinski definition) is 2. The van der Waals surface area contributed by atoms with Gasteiger partial charge in [0.15, 0.2) is 5.96 Å². The van der Waals surface area contributed by atoms with E-state index in [1.165, 1.54) is 43.4 Å². The molecule has 0 fully saturated rings. The zero-order valence-corrected chi connectivity index (χ0v) is 17.4. The van der Waals surface area contributed by atoms with Crippen molar-refractivity contribution in [2.24, 2.45) is 10.7 Å². The number of halogens is 1. The summed E-state index contributed by atoms with van der Waals surface area (Å²) in [5.41, 5.74) is 9.48. The lowest BCUT2D eigenvalue weighted by Gasteiger charge is -2.09. The van der Waals surface area contributed by atoms with Crippen LogP contribution in [0.1, 0.15) is 43.2 Å². The Morgan fingerprint density at radius 3 is 2.35 bits per heavy atom. The van der Waals surface area contributed by atoms with Gasteiger partial charge in [-0.2, -0.15) is 0 Å². The highest BCUT2D eigenvalue weighted by Gasteiger charge is 1.98. The molecule has 1 aromatic carbocycles. The zero-order valence-electron chi connectivity index (χ0n) is 15.1. The summed E-state index contributed by atoms with van der Waals surface area (Å²) in [5, 5.41) is 3.16. The SMILES string of the molecule is Cc1ccc(NC(N)=NCCCCCCCN(C)C)cc1C.I. The monoisotopic (exact) mass is 432 g/mol. The van der Waals surface area contributed by atoms with Crippen LogP contribution in [0.15, 0.2) is 23.2 Å². The van der Waals surface area contributed by atoms with Crippen molar-refractivity contribution in [3.8, 4) is 0 Å². The lowest BCUT2D eigenvalue weighted by atomic mass is 10.1. The normalized spacial score (nSPS) is 11.4. The van der Waals surface area contributed by atoms with Crippen LogP contribution in [0.25, 0.3) is 0 Å². The molecule has 0 bridgehead atoms. The highest BCUT2D eigenvalue weighted by atomic mass is 127. The largest absolute Gasteiger partial charge is 0.370 e. The topological polar surface area (TPSA) is 53.6 Å². The Bertz CT molecular complexity index is 472. The van der Waals surface area contributed by atoms with Crippen molar-refractivity contribution in [3.05, 3.63) is 29.3 Å². The van der Waals surface area contributed by atoms with E-state index in [1.54, 1.807) is 0 Å². The van der Waals surface area contributed by atoms with Gasteiger partial charge in [0.1, 0.15) is 0 Å². The molecule has 0 spiro atoms. The van der Waals surface area contributed by atoms with E-state index >= 15 is 0 Å². The Labute approximate surface area is 158 Å². The second-order valence-corrected chi connectivity index (χ2v) is 6.26. The van der Waals surface area contributed by atoms with Crippen LogP contribution in [0.3, 0.4) is 0 Å². The van der Waals surface area contributed by atoms with E-state index in [-0.39, 0.29) is 24.0 Å². The summed E-state index contributed by atoms with van der Waals surface area (Å²) in [5.74, 6) is 0.510. The summed E-state index contributed by atoms with van der Waals surface area (Å²) in [6.07, 6.45) is 6.21. The molecule has 5 heteroatoms. The number of anilines is 1. The number of hydrogen-bond donors (Lipinski definition) is 2. The Hall–Kier alpha value is -0.820. The zero-order chi connectivity index (χ0) is 16.4. The fraction of sp³-hybridized carbons (Fsp3) is 0.611. The van der Waals surface area contributed by atoms with Crippen LogP contribution >= 0.6 is 24.0 Å². The summed E-state index contributed by atoms with van der Waals surface area (Å²) >= 11 is 0. The van der Waals surface area contributed by atoms with Crippen LogP contribution in [0.2, 0.25) is 0 Å². The number of rotatable bonds is 9. The first-order chi connectivity index (χ1) is 10.5. The molecule has 0 amide bonds. The van der Waals surface area contributed by atoms with Crippen molar-refractivity contribution in [1.29, 1.82) is 0 Å². The molecule has 4 nitrogen and oxygen atoms in total. The standard InChI is InChI=1S/C18H32N4.HI/c1-15-10-11-17(14-16(15)2)21-18(19)20-12-8-6-5-7-9-13-22(3)4;/h10-11,14H,5-9,12-13H2,1-4H3,(H3,19,20,21);1H. The molecule has 0 aliphatic carbocycles. The minimum atomic E-state index is 0. The molecular weight excluding hydrogens is 399 g/mol. The van der Waals surface area contributed by atoms with Gasteiger partial charge >= 0.3 is 0 Å². The van der Waals surface area contributed by atoms with E-state index in [2.05, 4.69) is 55.3 Å². The number of benzene rings is 1. The second kappa shape index (κ2) is 12.6. The second-order valence-electron chi connectivity index (χ2n) is 6.26. The Morgan fingerprint density at radius 2 is 1.70 bits per heavy atom. The van der Waals surface area contributed by atoms with Crippen molar-refractivity contribution in [3.63, 3.8) is 0 Å². The first-order valence-corrected chi connectivity index (χ1v) is 8.28. The minimum absolute atomic E-state index is 0. The lowest BCUT2D eigenvalue weighted by molar-refractivity contribution is 0.390. The van der Waals surface area contributed by atoms with Crippen LogP contribution in [-0.4, -0.2) is 38.0 Å². The van der Waals surface area contributed by atoms with E-state index in [0.29, 0.717) is 5.96 Å². The number of aryl methyl sites for hydroxylation is 2. The third-order valence-electron chi connectivity index (χ3n) is 3.82. The highest BCUT2D eigenvalue weighted by molar-refractivity contribution is 14.0. The molecule has 0 saturated carbocycles. The molecule has 0 aromatic heterocycles. The van der Waals surface area contributed by atoms with Gasteiger partial charge in [-0.3, -0.25) is 4.99 Å². The van der Waals surface area contributed by atoms with Gasteiger partial charge in [0.25, 0.3) is 0 Å². The number of nitrogens with zero attached hydrogens (tertiary/aromatic N) is 2. The van der Waals surface area contributed by atoms with E-state index < -0.39 is 0 Å². The molecular formula is C18H33IN4. The third kappa shape index (κ3) is 10.5. The Balaban J connectivity index is 0.00000484. The van der Waals surface area contributed by atoms with Gasteiger partial charge in [-0.15, -0.1) is 24.0 Å². The summed E-state index contributed by atoms with van der Waals surface area (Å²) in [6, 6.07) is 6.23. The highest BCUT2D eigenvalue weighted by Crippen LogP contribution is 2.13. The van der Waals surface area contributed by atoms with Gasteiger partial charge < -0.3 is 16.0 Å². The molecule has 0 atom stereocenters. The summed E-state index contributed by atoms with van der Waals surface area (Å²) in [7, 11) is 4.25. The van der Waals surface area contributed by atoms with E-state index in [9.17, 15) is 0 Å². The number of unbranched alkanes of at least 4 members (excludes halogenated alkanes) is 4. The number of aliphatic imine (C=N–C) groups is 1. The molecule has 0 heterocycles. The van der Waals surface area contributed by atoms with Crippen LogP contribution < -0.4 is 11.1 Å². The van der Waals surface area contributed by atoms with Crippen molar-refractivity contribution in [2.45, 2.75) is 46.0 Å². The molecule has 0 radical (unpaired) electrons. The van der Waals surface area contributed by atoms with Crippen molar-refractivity contribution in [1.82, 2.24) is 4.90 Å². The first-order valence-electron chi connectivity index (χ1n) is 8.28. The van der Waals surface area contributed by atoms with E-state index in [1.807, 2.05) is 6.07 Å².